The van der Waals surface area contributed by atoms with Crippen LogP contribution in [0.15, 0.2) is 34.9 Å². The van der Waals surface area contributed by atoms with Crippen LogP contribution in [0.4, 0.5) is 0 Å². The van der Waals surface area contributed by atoms with E-state index in [1.165, 1.54) is 6.92 Å². The van der Waals surface area contributed by atoms with Crippen molar-refractivity contribution >= 4 is 17.7 Å². The van der Waals surface area contributed by atoms with E-state index in [2.05, 4.69) is 10.5 Å². The molecule has 0 spiro atoms. The maximum absolute atomic E-state index is 12.8. The van der Waals surface area contributed by atoms with Gasteiger partial charge in [-0.05, 0) is 19.4 Å². The lowest BCUT2D eigenvalue weighted by molar-refractivity contribution is -0.139. The number of piperazine rings is 1. The van der Waals surface area contributed by atoms with Gasteiger partial charge in [0.15, 0.2) is 0 Å². The molecule has 1 saturated heterocycles. The number of hydrogen-bond donors (Lipinski definition) is 1. The Bertz CT molecular complexity index is 882. The van der Waals surface area contributed by atoms with Gasteiger partial charge in [-0.25, -0.2) is 0 Å². The van der Waals surface area contributed by atoms with Crippen molar-refractivity contribution in [2.45, 2.75) is 39.7 Å². The fourth-order valence-electron chi connectivity index (χ4n) is 3.71. The molecular formula is C22H28N4O4. The second kappa shape index (κ2) is 9.56. The molecule has 1 aromatic heterocycles. The van der Waals surface area contributed by atoms with Crippen LogP contribution in [0.25, 0.3) is 0 Å². The van der Waals surface area contributed by atoms with Crippen molar-refractivity contribution in [3.8, 4) is 0 Å². The smallest absolute Gasteiger partial charge is 0.227 e. The fourth-order valence-corrected chi connectivity index (χ4v) is 3.71. The molecule has 0 bridgehead atoms. The molecule has 1 aliphatic heterocycles. The third-order valence-corrected chi connectivity index (χ3v) is 5.45. The molecule has 3 rings (SSSR count). The number of aromatic nitrogens is 1. The minimum Gasteiger partial charge on any atom is -0.361 e. The summed E-state index contributed by atoms with van der Waals surface area (Å²) in [4.78, 5) is 40.6. The molecule has 1 atom stereocenters. The lowest BCUT2D eigenvalue weighted by Gasteiger charge is -2.35. The molecule has 0 saturated carbocycles. The number of carbonyl (C=O) groups excluding carboxylic acids is 3. The predicted molar refractivity (Wildman–Crippen MR) is 110 cm³/mol. The first-order valence-corrected chi connectivity index (χ1v) is 10.1. The highest BCUT2D eigenvalue weighted by molar-refractivity contribution is 5.81. The van der Waals surface area contributed by atoms with Gasteiger partial charge in [-0.15, -0.1) is 0 Å². The van der Waals surface area contributed by atoms with Gasteiger partial charge in [0.1, 0.15) is 5.76 Å². The van der Waals surface area contributed by atoms with Crippen LogP contribution in [0.5, 0.6) is 0 Å². The van der Waals surface area contributed by atoms with Gasteiger partial charge in [0.25, 0.3) is 0 Å². The highest BCUT2D eigenvalue weighted by Gasteiger charge is 2.27. The SMILES string of the molecule is CC(=O)NC(CC(=O)N1CCN(C(=O)Cc2c(C)noc2C)CC1)c1ccccc1. The van der Waals surface area contributed by atoms with E-state index in [1.807, 2.05) is 37.3 Å². The summed E-state index contributed by atoms with van der Waals surface area (Å²) in [7, 11) is 0. The first kappa shape index (κ1) is 21.5. The molecule has 160 valence electrons. The molecule has 2 aromatic rings. The van der Waals surface area contributed by atoms with Crippen LogP contribution in [0.2, 0.25) is 0 Å². The van der Waals surface area contributed by atoms with E-state index in [-0.39, 0.29) is 36.6 Å². The molecular weight excluding hydrogens is 384 g/mol. The van der Waals surface area contributed by atoms with Gasteiger partial charge in [-0.1, -0.05) is 35.5 Å². The lowest BCUT2D eigenvalue weighted by atomic mass is 10.0. The molecule has 0 radical (unpaired) electrons. The van der Waals surface area contributed by atoms with Gasteiger partial charge in [0.05, 0.1) is 24.6 Å². The summed E-state index contributed by atoms with van der Waals surface area (Å²) in [6.07, 6.45) is 0.449. The second-order valence-corrected chi connectivity index (χ2v) is 7.61. The van der Waals surface area contributed by atoms with Crippen molar-refractivity contribution in [1.82, 2.24) is 20.3 Å². The zero-order chi connectivity index (χ0) is 21.7. The maximum Gasteiger partial charge on any atom is 0.227 e. The molecule has 0 aliphatic carbocycles. The average molecular weight is 412 g/mol. The van der Waals surface area contributed by atoms with Crippen molar-refractivity contribution in [2.24, 2.45) is 0 Å². The number of nitrogens with one attached hydrogen (secondary N) is 1. The third kappa shape index (κ3) is 5.25. The van der Waals surface area contributed by atoms with E-state index in [4.69, 9.17) is 4.52 Å². The summed E-state index contributed by atoms with van der Waals surface area (Å²) in [5.41, 5.74) is 2.47. The van der Waals surface area contributed by atoms with E-state index in [0.29, 0.717) is 31.9 Å². The second-order valence-electron chi connectivity index (χ2n) is 7.61. The summed E-state index contributed by atoms with van der Waals surface area (Å²) in [6, 6.07) is 9.11. The van der Waals surface area contributed by atoms with Crippen LogP contribution in [-0.4, -0.2) is 58.9 Å². The van der Waals surface area contributed by atoms with Crippen LogP contribution in [-0.2, 0) is 20.8 Å². The minimum absolute atomic E-state index is 0.0110. The van der Waals surface area contributed by atoms with Crippen molar-refractivity contribution < 1.29 is 18.9 Å². The van der Waals surface area contributed by atoms with E-state index < -0.39 is 0 Å². The number of nitrogens with zero attached hydrogens (tertiary/aromatic N) is 3. The van der Waals surface area contributed by atoms with Gasteiger partial charge in [-0.3, -0.25) is 14.4 Å². The average Bonchev–Trinajstić information content (AvgIpc) is 3.05. The van der Waals surface area contributed by atoms with Crippen LogP contribution >= 0.6 is 0 Å². The van der Waals surface area contributed by atoms with Crippen molar-refractivity contribution in [3.05, 3.63) is 52.9 Å². The molecule has 1 fully saturated rings. The summed E-state index contributed by atoms with van der Waals surface area (Å²) >= 11 is 0. The van der Waals surface area contributed by atoms with E-state index in [1.54, 1.807) is 16.7 Å². The van der Waals surface area contributed by atoms with E-state index in [9.17, 15) is 14.4 Å². The molecule has 1 aromatic carbocycles. The molecule has 1 unspecified atom stereocenters. The van der Waals surface area contributed by atoms with E-state index in [0.717, 1.165) is 16.8 Å². The highest BCUT2D eigenvalue weighted by atomic mass is 16.5. The van der Waals surface area contributed by atoms with E-state index >= 15 is 0 Å². The molecule has 1 N–H and O–H groups in total. The quantitative estimate of drug-likeness (QED) is 0.780. The Morgan fingerprint density at radius 1 is 1.03 bits per heavy atom. The van der Waals surface area contributed by atoms with Gasteiger partial charge in [-0.2, -0.15) is 0 Å². The Balaban J connectivity index is 1.55. The summed E-state index contributed by atoms with van der Waals surface area (Å²) in [5.74, 6) is 0.471. The Hall–Kier alpha value is -3.16. The fraction of sp³-hybridized carbons (Fsp3) is 0.455. The molecule has 30 heavy (non-hydrogen) atoms. The Kier molecular flexibility index (Phi) is 6.87. The van der Waals surface area contributed by atoms with Crippen molar-refractivity contribution in [3.63, 3.8) is 0 Å². The minimum atomic E-state index is -0.365. The standard InChI is InChI=1S/C22H28N4O4/c1-15-19(16(2)30-24-15)13-21(28)25-9-11-26(12-10-25)22(29)14-20(23-17(3)27)18-7-5-4-6-8-18/h4-8,20H,9-14H2,1-3H3,(H,23,27). The molecule has 2 heterocycles. The zero-order valence-electron chi connectivity index (χ0n) is 17.7. The predicted octanol–water partition coefficient (Wildman–Crippen LogP) is 1.77. The largest absolute Gasteiger partial charge is 0.361 e. The number of hydrogen-bond acceptors (Lipinski definition) is 5. The monoisotopic (exact) mass is 412 g/mol. The highest BCUT2D eigenvalue weighted by Crippen LogP contribution is 2.19. The first-order chi connectivity index (χ1) is 14.3. The molecule has 3 amide bonds. The summed E-state index contributed by atoms with van der Waals surface area (Å²) in [6.45, 7) is 7.02. The van der Waals surface area contributed by atoms with Crippen LogP contribution < -0.4 is 5.32 Å². The Morgan fingerprint density at radius 2 is 1.63 bits per heavy atom. The zero-order valence-corrected chi connectivity index (χ0v) is 17.7. The lowest BCUT2D eigenvalue weighted by Crippen LogP contribution is -2.51. The Labute approximate surface area is 176 Å². The van der Waals surface area contributed by atoms with Crippen molar-refractivity contribution in [2.75, 3.05) is 26.2 Å². The maximum atomic E-state index is 12.8. The Morgan fingerprint density at radius 3 is 2.17 bits per heavy atom. The first-order valence-electron chi connectivity index (χ1n) is 10.1. The van der Waals surface area contributed by atoms with Gasteiger partial charge < -0.3 is 19.6 Å². The van der Waals surface area contributed by atoms with Crippen LogP contribution in [0.3, 0.4) is 0 Å². The van der Waals surface area contributed by atoms with Gasteiger partial charge in [0, 0.05) is 38.7 Å². The number of aryl methyl sites for hydroxylation is 2. The number of amides is 3. The molecule has 8 nitrogen and oxygen atoms in total. The number of rotatable bonds is 6. The van der Waals surface area contributed by atoms with Gasteiger partial charge in [0.2, 0.25) is 17.7 Å². The van der Waals surface area contributed by atoms with Crippen LogP contribution in [0, 0.1) is 13.8 Å². The summed E-state index contributed by atoms with van der Waals surface area (Å²) in [5, 5.41) is 6.76. The number of benzene rings is 1. The third-order valence-electron chi connectivity index (χ3n) is 5.45. The number of carbonyl (C=O) groups is 3. The van der Waals surface area contributed by atoms with Crippen molar-refractivity contribution in [1.29, 1.82) is 0 Å². The molecule has 8 heteroatoms. The molecule has 1 aliphatic rings. The van der Waals surface area contributed by atoms with Crippen LogP contribution in [0.1, 0.15) is 42.0 Å². The topological polar surface area (TPSA) is 95.8 Å². The summed E-state index contributed by atoms with van der Waals surface area (Å²) < 4.78 is 5.13. The van der Waals surface area contributed by atoms with Gasteiger partial charge >= 0.3 is 0 Å². The normalized spacial score (nSPS) is 15.0.